The molecule has 0 radical (unpaired) electrons. The van der Waals surface area contributed by atoms with Gasteiger partial charge in [-0.05, 0) is 48.4 Å². The molecule has 0 unspecified atom stereocenters. The third kappa shape index (κ3) is 4.50. The van der Waals surface area contributed by atoms with Crippen molar-refractivity contribution in [3.05, 3.63) is 90.3 Å². The summed E-state index contributed by atoms with van der Waals surface area (Å²) in [5.74, 6) is -0.151. The Balaban J connectivity index is 1.21. The topological polar surface area (TPSA) is 64.3 Å². The number of fused-ring (bicyclic) bond motifs is 1. The van der Waals surface area contributed by atoms with Crippen molar-refractivity contribution >= 4 is 28.3 Å². The van der Waals surface area contributed by atoms with Gasteiger partial charge in [0, 0.05) is 44.1 Å². The summed E-state index contributed by atoms with van der Waals surface area (Å²) in [5, 5.41) is 3.00. The van der Waals surface area contributed by atoms with Crippen molar-refractivity contribution in [2.24, 2.45) is 0 Å². The largest absolute Gasteiger partial charge is 0.370 e. The van der Waals surface area contributed by atoms with Gasteiger partial charge in [-0.3, -0.25) is 9.69 Å². The molecular weight excluding hydrogens is 398 g/mol. The molecule has 0 saturated carbocycles. The summed E-state index contributed by atoms with van der Waals surface area (Å²) in [6.45, 7) is 5.19. The number of rotatable bonds is 5. The van der Waals surface area contributed by atoms with E-state index in [2.05, 4.69) is 67.5 Å². The maximum atomic E-state index is 12.8. The fraction of sp³-hybridized carbons (Fsp3) is 0.231. The van der Waals surface area contributed by atoms with Crippen LogP contribution in [0.25, 0.3) is 11.0 Å². The average molecular weight is 426 g/mol. The lowest BCUT2D eigenvalue weighted by atomic mass is 10.1. The molecule has 1 aromatic heterocycles. The van der Waals surface area contributed by atoms with Crippen LogP contribution in [-0.2, 0) is 6.54 Å². The highest BCUT2D eigenvalue weighted by molar-refractivity contribution is 6.11. The van der Waals surface area contributed by atoms with Gasteiger partial charge in [-0.2, -0.15) is 0 Å². The fourth-order valence-corrected chi connectivity index (χ4v) is 4.33. The number of nitrogens with zero attached hydrogens (tertiary/aromatic N) is 3. The molecule has 0 spiro atoms. The molecule has 162 valence electrons. The first-order valence-corrected chi connectivity index (χ1v) is 11.1. The van der Waals surface area contributed by atoms with E-state index >= 15 is 0 Å². The Labute approximate surface area is 187 Å². The number of benzene rings is 3. The van der Waals surface area contributed by atoms with Crippen LogP contribution >= 0.6 is 0 Å². The minimum Gasteiger partial charge on any atom is -0.370 e. The van der Waals surface area contributed by atoms with E-state index in [4.69, 9.17) is 0 Å². The molecular formula is C26H27N5O. The molecule has 3 aromatic carbocycles. The molecule has 1 aliphatic rings. The number of para-hydroxylation sites is 1. The van der Waals surface area contributed by atoms with Crippen molar-refractivity contribution in [1.82, 2.24) is 14.9 Å². The first-order chi connectivity index (χ1) is 15.8. The second kappa shape index (κ2) is 9.24. The lowest BCUT2D eigenvalue weighted by Crippen LogP contribution is -2.30. The highest BCUT2D eigenvalue weighted by atomic mass is 16.1. The Morgan fingerprint density at radius 1 is 0.906 bits per heavy atom. The van der Waals surface area contributed by atoms with Crippen LogP contribution in [0.5, 0.6) is 0 Å². The molecule has 1 saturated heterocycles. The van der Waals surface area contributed by atoms with E-state index in [0.717, 1.165) is 50.3 Å². The number of carbonyl (C=O) groups is 1. The number of hydrogen-bond donors (Lipinski definition) is 2. The number of imidazole rings is 1. The number of aromatic amines is 1. The number of hydrogen-bond acceptors (Lipinski definition) is 4. The lowest BCUT2D eigenvalue weighted by molar-refractivity contribution is 0.102. The Morgan fingerprint density at radius 3 is 2.59 bits per heavy atom. The summed E-state index contributed by atoms with van der Waals surface area (Å²) in [4.78, 5) is 25.0. The quantitative estimate of drug-likeness (QED) is 0.493. The number of aromatic nitrogens is 2. The Kier molecular flexibility index (Phi) is 5.85. The van der Waals surface area contributed by atoms with Crippen molar-refractivity contribution in [2.45, 2.75) is 13.0 Å². The van der Waals surface area contributed by atoms with Crippen molar-refractivity contribution < 1.29 is 4.79 Å². The highest BCUT2D eigenvalue weighted by Crippen LogP contribution is 2.22. The first-order valence-electron chi connectivity index (χ1n) is 11.1. The summed E-state index contributed by atoms with van der Waals surface area (Å²) in [6, 6.07) is 24.4. The first kappa shape index (κ1) is 20.3. The van der Waals surface area contributed by atoms with Gasteiger partial charge < -0.3 is 15.2 Å². The molecule has 6 heteroatoms. The van der Waals surface area contributed by atoms with Crippen LogP contribution < -0.4 is 10.2 Å². The van der Waals surface area contributed by atoms with Gasteiger partial charge in [0.25, 0.3) is 5.91 Å². The molecule has 2 N–H and O–H groups in total. The lowest BCUT2D eigenvalue weighted by Gasteiger charge is -2.24. The molecule has 1 aliphatic heterocycles. The van der Waals surface area contributed by atoms with Crippen LogP contribution in [0, 0.1) is 0 Å². The third-order valence-corrected chi connectivity index (χ3v) is 6.02. The summed E-state index contributed by atoms with van der Waals surface area (Å²) in [6.07, 6.45) is 2.75. The van der Waals surface area contributed by atoms with Gasteiger partial charge in [0.2, 0.25) is 0 Å². The van der Waals surface area contributed by atoms with E-state index in [1.807, 2.05) is 24.3 Å². The number of anilines is 2. The summed E-state index contributed by atoms with van der Waals surface area (Å²) >= 11 is 0. The number of nitrogens with one attached hydrogen (secondary N) is 2. The molecule has 0 bridgehead atoms. The summed E-state index contributed by atoms with van der Waals surface area (Å²) < 4.78 is 0. The van der Waals surface area contributed by atoms with E-state index in [0.29, 0.717) is 11.1 Å². The van der Waals surface area contributed by atoms with Gasteiger partial charge in [-0.1, -0.05) is 36.4 Å². The number of carbonyl (C=O) groups excluding carboxylic acids is 1. The van der Waals surface area contributed by atoms with E-state index < -0.39 is 0 Å². The Hall–Kier alpha value is -3.64. The summed E-state index contributed by atoms with van der Waals surface area (Å²) in [7, 11) is 0. The molecule has 1 fully saturated rings. The molecule has 0 atom stereocenters. The SMILES string of the molecule is O=C(Nc1ccc(N2CCCN(Cc3ccccc3)CC2)cc1)c1cccc2[nH]cnc12. The normalized spacial score (nSPS) is 14.9. The maximum absolute atomic E-state index is 12.8. The molecule has 1 amide bonds. The van der Waals surface area contributed by atoms with Crippen LogP contribution in [-0.4, -0.2) is 47.0 Å². The zero-order valence-corrected chi connectivity index (χ0v) is 18.0. The van der Waals surface area contributed by atoms with Gasteiger partial charge >= 0.3 is 0 Å². The van der Waals surface area contributed by atoms with Crippen LogP contribution in [0.3, 0.4) is 0 Å². The van der Waals surface area contributed by atoms with E-state index in [9.17, 15) is 4.79 Å². The number of amides is 1. The predicted octanol–water partition coefficient (Wildman–Crippen LogP) is 4.53. The van der Waals surface area contributed by atoms with Crippen LogP contribution in [0.4, 0.5) is 11.4 Å². The van der Waals surface area contributed by atoms with Crippen molar-refractivity contribution in [1.29, 1.82) is 0 Å². The molecule has 6 nitrogen and oxygen atoms in total. The zero-order valence-electron chi connectivity index (χ0n) is 18.0. The van der Waals surface area contributed by atoms with Crippen molar-refractivity contribution in [3.8, 4) is 0 Å². The van der Waals surface area contributed by atoms with E-state index in [1.165, 1.54) is 11.3 Å². The second-order valence-electron chi connectivity index (χ2n) is 8.21. The standard InChI is InChI=1S/C26H27N5O/c32-26(23-8-4-9-24-25(23)28-19-27-24)29-21-10-12-22(13-11-21)31-15-5-14-30(16-17-31)18-20-6-2-1-3-7-20/h1-4,6-13,19H,5,14-18H2,(H,27,28)(H,29,32). The maximum Gasteiger partial charge on any atom is 0.257 e. The van der Waals surface area contributed by atoms with Gasteiger partial charge in [0.1, 0.15) is 5.52 Å². The van der Waals surface area contributed by atoms with Gasteiger partial charge in [-0.25, -0.2) is 4.98 Å². The fourth-order valence-electron chi connectivity index (χ4n) is 4.33. The monoisotopic (exact) mass is 425 g/mol. The van der Waals surface area contributed by atoms with E-state index in [-0.39, 0.29) is 5.91 Å². The van der Waals surface area contributed by atoms with Gasteiger partial charge in [0.15, 0.2) is 0 Å². The predicted molar refractivity (Wildman–Crippen MR) is 129 cm³/mol. The Bertz CT molecular complexity index is 1190. The molecule has 0 aliphatic carbocycles. The van der Waals surface area contributed by atoms with Gasteiger partial charge in [0.05, 0.1) is 17.4 Å². The smallest absolute Gasteiger partial charge is 0.257 e. The second-order valence-corrected chi connectivity index (χ2v) is 8.21. The Morgan fingerprint density at radius 2 is 1.75 bits per heavy atom. The van der Waals surface area contributed by atoms with Crippen molar-refractivity contribution in [3.63, 3.8) is 0 Å². The third-order valence-electron chi connectivity index (χ3n) is 6.02. The van der Waals surface area contributed by atoms with Crippen LogP contribution in [0.2, 0.25) is 0 Å². The van der Waals surface area contributed by atoms with Crippen molar-refractivity contribution in [2.75, 3.05) is 36.4 Å². The minimum atomic E-state index is -0.151. The minimum absolute atomic E-state index is 0.151. The molecule has 32 heavy (non-hydrogen) atoms. The zero-order chi connectivity index (χ0) is 21.8. The molecule has 4 aromatic rings. The molecule has 2 heterocycles. The number of H-pyrrole nitrogens is 1. The van der Waals surface area contributed by atoms with E-state index in [1.54, 1.807) is 12.4 Å². The van der Waals surface area contributed by atoms with Gasteiger partial charge in [-0.15, -0.1) is 0 Å². The summed E-state index contributed by atoms with van der Waals surface area (Å²) in [5.41, 5.74) is 5.46. The molecule has 5 rings (SSSR count). The average Bonchev–Trinajstić information content (AvgIpc) is 3.20. The van der Waals surface area contributed by atoms with Crippen LogP contribution in [0.1, 0.15) is 22.3 Å². The van der Waals surface area contributed by atoms with Crippen LogP contribution in [0.15, 0.2) is 79.1 Å². The highest BCUT2D eigenvalue weighted by Gasteiger charge is 2.16.